The Balaban J connectivity index is 1.95. The molecule has 3 aromatic rings. The van der Waals surface area contributed by atoms with Crippen molar-refractivity contribution in [2.45, 2.75) is 17.7 Å². The van der Waals surface area contributed by atoms with Gasteiger partial charge < -0.3 is 4.98 Å². The van der Waals surface area contributed by atoms with E-state index < -0.39 is 11.2 Å². The zero-order valence-electron chi connectivity index (χ0n) is 11.2. The Morgan fingerprint density at radius 2 is 1.95 bits per heavy atom. The van der Waals surface area contributed by atoms with Gasteiger partial charge in [-0.3, -0.25) is 9.78 Å². The molecule has 0 amide bonds. The van der Waals surface area contributed by atoms with Gasteiger partial charge in [-0.05, 0) is 13.0 Å². The van der Waals surface area contributed by atoms with Gasteiger partial charge in [0, 0.05) is 22.9 Å². The highest BCUT2D eigenvalue weighted by atomic mass is 32.2. The molecule has 0 bridgehead atoms. The van der Waals surface area contributed by atoms with Crippen molar-refractivity contribution in [2.24, 2.45) is 0 Å². The van der Waals surface area contributed by atoms with Crippen LogP contribution in [0.4, 0.5) is 0 Å². The van der Waals surface area contributed by atoms with Crippen molar-refractivity contribution in [3.05, 3.63) is 62.7 Å². The molecule has 21 heavy (non-hydrogen) atoms. The highest BCUT2D eigenvalue weighted by Crippen LogP contribution is 2.26. The van der Waals surface area contributed by atoms with E-state index in [9.17, 15) is 9.59 Å². The van der Waals surface area contributed by atoms with E-state index in [2.05, 4.69) is 19.9 Å². The number of hydrogen-bond acceptors (Lipinski definition) is 5. The number of aromatic amines is 2. The molecular weight excluding hydrogens is 288 g/mol. The molecule has 0 atom stereocenters. The van der Waals surface area contributed by atoms with E-state index in [1.54, 1.807) is 0 Å². The lowest BCUT2D eigenvalue weighted by molar-refractivity contribution is 0.979. The Kier molecular flexibility index (Phi) is 3.57. The quantitative estimate of drug-likeness (QED) is 0.566. The fourth-order valence-corrected chi connectivity index (χ4v) is 2.98. The normalized spacial score (nSPS) is 10.9. The maximum Gasteiger partial charge on any atom is 0.325 e. The van der Waals surface area contributed by atoms with Gasteiger partial charge in [0.1, 0.15) is 10.9 Å². The predicted octanol–water partition coefficient (Wildman–Crippen LogP) is 1.61. The third-order valence-corrected chi connectivity index (χ3v) is 3.90. The van der Waals surface area contributed by atoms with E-state index in [0.717, 1.165) is 15.9 Å². The van der Waals surface area contributed by atoms with Crippen LogP contribution in [-0.4, -0.2) is 19.9 Å². The second-order valence-electron chi connectivity index (χ2n) is 4.49. The molecule has 2 N–H and O–H groups in total. The zero-order chi connectivity index (χ0) is 14.8. The molecule has 0 radical (unpaired) electrons. The SMILES string of the molecule is Cc1nc(SCc2cc(=O)[nH]c(=O)[nH]2)c2ccccc2n1. The lowest BCUT2D eigenvalue weighted by Gasteiger charge is -2.06. The summed E-state index contributed by atoms with van der Waals surface area (Å²) < 4.78 is 0. The topological polar surface area (TPSA) is 91.5 Å². The fraction of sp³-hybridized carbons (Fsp3) is 0.143. The number of fused-ring (bicyclic) bond motifs is 1. The van der Waals surface area contributed by atoms with Gasteiger partial charge in [-0.15, -0.1) is 0 Å². The third-order valence-electron chi connectivity index (χ3n) is 2.86. The van der Waals surface area contributed by atoms with Crippen LogP contribution in [0.15, 0.2) is 44.9 Å². The first kappa shape index (κ1) is 13.6. The summed E-state index contributed by atoms with van der Waals surface area (Å²) in [5.74, 6) is 1.15. The summed E-state index contributed by atoms with van der Waals surface area (Å²) in [6.07, 6.45) is 0. The van der Waals surface area contributed by atoms with E-state index in [-0.39, 0.29) is 0 Å². The second-order valence-corrected chi connectivity index (χ2v) is 5.46. The van der Waals surface area contributed by atoms with Crippen LogP contribution in [0.1, 0.15) is 11.5 Å². The molecule has 0 aliphatic carbocycles. The number of H-pyrrole nitrogens is 2. The standard InChI is InChI=1S/C14H12N4O2S/c1-8-15-11-5-3-2-4-10(11)13(16-8)21-7-9-6-12(19)18-14(20)17-9/h2-6H,7H2,1H3,(H2,17,18,19,20). The van der Waals surface area contributed by atoms with Gasteiger partial charge in [0.25, 0.3) is 5.56 Å². The predicted molar refractivity (Wildman–Crippen MR) is 81.5 cm³/mol. The van der Waals surface area contributed by atoms with Crippen molar-refractivity contribution in [3.8, 4) is 0 Å². The van der Waals surface area contributed by atoms with Gasteiger partial charge in [-0.1, -0.05) is 30.0 Å². The van der Waals surface area contributed by atoms with E-state index in [0.29, 0.717) is 17.3 Å². The van der Waals surface area contributed by atoms with E-state index in [4.69, 9.17) is 0 Å². The molecule has 0 fully saturated rings. The molecule has 0 spiro atoms. The molecule has 2 aromatic heterocycles. The van der Waals surface area contributed by atoms with Crippen molar-refractivity contribution in [2.75, 3.05) is 0 Å². The number of aryl methyl sites for hydroxylation is 1. The summed E-state index contributed by atoms with van der Waals surface area (Å²) in [6.45, 7) is 1.84. The van der Waals surface area contributed by atoms with Crippen molar-refractivity contribution >= 4 is 22.7 Å². The van der Waals surface area contributed by atoms with Gasteiger partial charge in [0.05, 0.1) is 5.52 Å². The summed E-state index contributed by atoms with van der Waals surface area (Å²) >= 11 is 1.46. The lowest BCUT2D eigenvalue weighted by atomic mass is 10.2. The molecule has 0 aliphatic heterocycles. The maximum atomic E-state index is 11.3. The minimum Gasteiger partial charge on any atom is -0.310 e. The number of nitrogens with zero attached hydrogens (tertiary/aromatic N) is 2. The monoisotopic (exact) mass is 300 g/mol. The van der Waals surface area contributed by atoms with Crippen molar-refractivity contribution in [1.82, 2.24) is 19.9 Å². The Morgan fingerprint density at radius 3 is 2.76 bits per heavy atom. The van der Waals surface area contributed by atoms with Gasteiger partial charge in [-0.25, -0.2) is 14.8 Å². The molecule has 2 heterocycles. The minimum absolute atomic E-state index is 0.405. The number of rotatable bonds is 3. The summed E-state index contributed by atoms with van der Waals surface area (Å²) in [6, 6.07) is 9.13. The van der Waals surface area contributed by atoms with Crippen LogP contribution in [0, 0.1) is 6.92 Å². The summed E-state index contributed by atoms with van der Waals surface area (Å²) in [7, 11) is 0. The summed E-state index contributed by atoms with van der Waals surface area (Å²) in [4.78, 5) is 36.1. The van der Waals surface area contributed by atoms with Gasteiger partial charge in [0.15, 0.2) is 0 Å². The van der Waals surface area contributed by atoms with E-state index >= 15 is 0 Å². The number of hydrogen-bond donors (Lipinski definition) is 2. The molecule has 0 unspecified atom stereocenters. The zero-order valence-corrected chi connectivity index (χ0v) is 12.0. The van der Waals surface area contributed by atoms with Crippen molar-refractivity contribution < 1.29 is 0 Å². The van der Waals surface area contributed by atoms with Crippen LogP contribution in [0.2, 0.25) is 0 Å². The summed E-state index contributed by atoms with van der Waals surface area (Å²) in [5.41, 5.74) is 0.543. The average molecular weight is 300 g/mol. The average Bonchev–Trinajstić information content (AvgIpc) is 2.43. The van der Waals surface area contributed by atoms with Crippen molar-refractivity contribution in [3.63, 3.8) is 0 Å². The van der Waals surface area contributed by atoms with Crippen molar-refractivity contribution in [1.29, 1.82) is 0 Å². The Morgan fingerprint density at radius 1 is 1.14 bits per heavy atom. The Labute approximate surface area is 123 Å². The first-order chi connectivity index (χ1) is 10.1. The van der Waals surface area contributed by atoms with Crippen LogP contribution in [0.3, 0.4) is 0 Å². The van der Waals surface area contributed by atoms with Gasteiger partial charge >= 0.3 is 5.69 Å². The lowest BCUT2D eigenvalue weighted by Crippen LogP contribution is -2.22. The highest BCUT2D eigenvalue weighted by Gasteiger charge is 2.07. The van der Waals surface area contributed by atoms with Gasteiger partial charge in [0.2, 0.25) is 0 Å². The third kappa shape index (κ3) is 3.03. The number of benzene rings is 1. The fourth-order valence-electron chi connectivity index (χ4n) is 2.01. The molecule has 3 rings (SSSR count). The van der Waals surface area contributed by atoms with E-state index in [1.807, 2.05) is 31.2 Å². The molecule has 7 heteroatoms. The van der Waals surface area contributed by atoms with Crippen LogP contribution >= 0.6 is 11.8 Å². The summed E-state index contributed by atoms with van der Waals surface area (Å²) in [5, 5.41) is 1.79. The first-order valence-electron chi connectivity index (χ1n) is 6.30. The highest BCUT2D eigenvalue weighted by molar-refractivity contribution is 7.98. The number of thioether (sulfide) groups is 1. The van der Waals surface area contributed by atoms with Crippen LogP contribution in [-0.2, 0) is 5.75 Å². The van der Waals surface area contributed by atoms with E-state index in [1.165, 1.54) is 17.8 Å². The molecule has 0 aliphatic rings. The van der Waals surface area contributed by atoms with Gasteiger partial charge in [-0.2, -0.15) is 0 Å². The first-order valence-corrected chi connectivity index (χ1v) is 7.29. The largest absolute Gasteiger partial charge is 0.325 e. The maximum absolute atomic E-state index is 11.3. The number of aromatic nitrogens is 4. The molecular formula is C14H12N4O2S. The number of nitrogens with one attached hydrogen (secondary N) is 2. The molecule has 6 nitrogen and oxygen atoms in total. The Hall–Kier alpha value is -2.41. The molecule has 0 saturated carbocycles. The Bertz CT molecular complexity index is 888. The van der Waals surface area contributed by atoms with Crippen LogP contribution in [0.5, 0.6) is 0 Å². The molecule has 106 valence electrons. The van der Waals surface area contributed by atoms with Crippen LogP contribution < -0.4 is 11.2 Å². The smallest absolute Gasteiger partial charge is 0.310 e. The molecule has 0 saturated heterocycles. The molecule has 1 aromatic carbocycles. The van der Waals surface area contributed by atoms with Crippen LogP contribution in [0.25, 0.3) is 10.9 Å². The second kappa shape index (κ2) is 5.53. The minimum atomic E-state index is -0.498. The number of para-hydroxylation sites is 1.